The fourth-order valence-electron chi connectivity index (χ4n) is 5.20. The number of hydrogen-bond donors (Lipinski definition) is 2. The molecule has 0 unspecified atom stereocenters. The van der Waals surface area contributed by atoms with Crippen LogP contribution >= 0.6 is 22.7 Å². The van der Waals surface area contributed by atoms with Gasteiger partial charge in [0.05, 0.1) is 27.9 Å². The molecule has 0 fully saturated rings. The van der Waals surface area contributed by atoms with Gasteiger partial charge in [0, 0.05) is 44.0 Å². The number of amides is 2. The van der Waals surface area contributed by atoms with Crippen molar-refractivity contribution in [1.29, 1.82) is 0 Å². The number of methoxy groups -OCH3 is 1. The van der Waals surface area contributed by atoms with Gasteiger partial charge in [0.15, 0.2) is 0 Å². The highest BCUT2D eigenvalue weighted by Crippen LogP contribution is 2.13. The Balaban J connectivity index is 1.48. The number of esters is 1. The monoisotopic (exact) mass is 693 g/mol. The second-order valence-corrected chi connectivity index (χ2v) is 13.2. The number of aromatic nitrogens is 2. The highest BCUT2D eigenvalue weighted by atomic mass is 32.1. The number of nitrogens with one attached hydrogen (secondary N) is 2. The zero-order chi connectivity index (χ0) is 33.8. The van der Waals surface area contributed by atoms with Crippen LogP contribution in [0, 0.1) is 0 Å². The molecule has 0 radical (unpaired) electrons. The Bertz CT molecular complexity index is 1380. The Morgan fingerprint density at radius 3 is 1.67 bits per heavy atom. The maximum Gasteiger partial charge on any atom is 0.407 e. The van der Waals surface area contributed by atoms with Crippen LogP contribution < -0.4 is 10.6 Å². The van der Waals surface area contributed by atoms with E-state index in [4.69, 9.17) is 14.2 Å². The van der Waals surface area contributed by atoms with Crippen LogP contribution in [0.4, 0.5) is 9.59 Å². The van der Waals surface area contributed by atoms with E-state index in [0.29, 0.717) is 45.3 Å². The Kier molecular flexibility index (Phi) is 15.8. The molecule has 2 atom stereocenters. The molecule has 0 spiro atoms. The Morgan fingerprint density at radius 1 is 0.729 bits per heavy atom. The van der Waals surface area contributed by atoms with E-state index in [9.17, 15) is 14.4 Å². The number of thiazole rings is 2. The molecule has 0 aliphatic carbocycles. The second kappa shape index (κ2) is 20.8. The van der Waals surface area contributed by atoms with Crippen molar-refractivity contribution in [3.63, 3.8) is 0 Å². The summed E-state index contributed by atoms with van der Waals surface area (Å²) in [6.07, 6.45) is 6.25. The molecule has 13 heteroatoms. The molecule has 4 aromatic rings. The third-order valence-corrected chi connectivity index (χ3v) is 9.00. The van der Waals surface area contributed by atoms with Gasteiger partial charge in [0.2, 0.25) is 0 Å². The zero-order valence-corrected chi connectivity index (χ0v) is 28.8. The van der Waals surface area contributed by atoms with E-state index in [1.54, 1.807) is 23.4 Å². The number of rotatable bonds is 20. The van der Waals surface area contributed by atoms with Gasteiger partial charge in [0.1, 0.15) is 13.2 Å². The highest BCUT2D eigenvalue weighted by Gasteiger charge is 2.23. The number of carbonyl (C=O) groups excluding carboxylic acids is 3. The van der Waals surface area contributed by atoms with Crippen LogP contribution in [0.1, 0.15) is 46.6 Å². The average Bonchev–Trinajstić information content (AvgIpc) is 3.82. The Hall–Kier alpha value is -4.33. The largest absolute Gasteiger partial charge is 0.469 e. The predicted molar refractivity (Wildman–Crippen MR) is 186 cm³/mol. The standard InChI is InChI=1S/C35H43N5O6S2/c1-44-33(41)15-9-4-10-16-40(21-29(17-27-11-5-2-6-12-27)38-34(42)45-23-31-19-36-25-47-31)22-30(18-28-13-7-3-8-14-28)39-35(43)46-24-32-20-37-26-48-32/h2-3,5-8,11-14,19-20,25-26,29-30H,4,9-10,15-18,21-24H2,1H3,(H,38,42)(H,39,43)/t29-,30-/m0/s1. The molecule has 2 N–H and O–H groups in total. The van der Waals surface area contributed by atoms with Crippen LogP contribution in [0.5, 0.6) is 0 Å². The van der Waals surface area contributed by atoms with Gasteiger partial charge in [-0.1, -0.05) is 67.1 Å². The third-order valence-electron chi connectivity index (χ3n) is 7.49. The molecule has 4 rings (SSSR count). The molecule has 0 aliphatic heterocycles. The van der Waals surface area contributed by atoms with E-state index in [2.05, 4.69) is 25.5 Å². The summed E-state index contributed by atoms with van der Waals surface area (Å²) in [5.41, 5.74) is 5.56. The van der Waals surface area contributed by atoms with E-state index < -0.39 is 12.2 Å². The number of nitrogens with zero attached hydrogens (tertiary/aromatic N) is 3. The summed E-state index contributed by atoms with van der Waals surface area (Å²) in [4.78, 5) is 49.7. The van der Waals surface area contributed by atoms with Gasteiger partial charge in [-0.15, -0.1) is 22.7 Å². The topological polar surface area (TPSA) is 132 Å². The van der Waals surface area contributed by atoms with Crippen molar-refractivity contribution >= 4 is 40.8 Å². The molecule has 2 aromatic carbocycles. The van der Waals surface area contributed by atoms with Crippen molar-refractivity contribution in [2.75, 3.05) is 26.7 Å². The van der Waals surface area contributed by atoms with Gasteiger partial charge < -0.3 is 24.8 Å². The summed E-state index contributed by atoms with van der Waals surface area (Å²) in [5, 5.41) is 6.17. The first-order valence-corrected chi connectivity index (χ1v) is 17.7. The lowest BCUT2D eigenvalue weighted by molar-refractivity contribution is -0.140. The predicted octanol–water partition coefficient (Wildman–Crippen LogP) is 6.01. The van der Waals surface area contributed by atoms with Crippen LogP contribution in [0.3, 0.4) is 0 Å². The summed E-state index contributed by atoms with van der Waals surface area (Å²) in [6, 6.07) is 19.4. The van der Waals surface area contributed by atoms with Crippen LogP contribution in [-0.2, 0) is 45.1 Å². The first kappa shape index (κ1) is 36.5. The van der Waals surface area contributed by atoms with Crippen LogP contribution in [0.25, 0.3) is 0 Å². The molecule has 0 saturated carbocycles. The number of unbranched alkanes of at least 4 members (excludes halogenated alkanes) is 2. The minimum atomic E-state index is -0.507. The van der Waals surface area contributed by atoms with Crippen molar-refractivity contribution in [1.82, 2.24) is 25.5 Å². The fraction of sp³-hybridized carbons (Fsp3) is 0.400. The van der Waals surface area contributed by atoms with Crippen LogP contribution in [0.15, 0.2) is 84.1 Å². The van der Waals surface area contributed by atoms with E-state index in [0.717, 1.165) is 33.7 Å². The quantitative estimate of drug-likeness (QED) is 0.0649. The molecule has 2 amide bonds. The van der Waals surface area contributed by atoms with Gasteiger partial charge in [-0.05, 0) is 43.4 Å². The lowest BCUT2D eigenvalue weighted by Crippen LogP contribution is -2.50. The molecule has 11 nitrogen and oxygen atoms in total. The van der Waals surface area contributed by atoms with Gasteiger partial charge in [-0.2, -0.15) is 0 Å². The Labute approximate surface area is 289 Å². The number of alkyl carbamates (subject to hydrolysis) is 2. The summed E-state index contributed by atoms with van der Waals surface area (Å²) in [5.74, 6) is -0.222. The fourth-order valence-corrected chi connectivity index (χ4v) is 6.21. The molecule has 0 aliphatic rings. The number of benzene rings is 2. The molecule has 2 heterocycles. The van der Waals surface area contributed by atoms with Crippen molar-refractivity contribution < 1.29 is 28.6 Å². The van der Waals surface area contributed by atoms with E-state index in [1.807, 2.05) is 60.7 Å². The molecule has 0 bridgehead atoms. The molecule has 2 aromatic heterocycles. The molecule has 48 heavy (non-hydrogen) atoms. The van der Waals surface area contributed by atoms with E-state index >= 15 is 0 Å². The molecular formula is C35H43N5O6S2. The van der Waals surface area contributed by atoms with Crippen molar-refractivity contribution in [3.05, 3.63) is 105 Å². The van der Waals surface area contributed by atoms with Gasteiger partial charge in [0.25, 0.3) is 0 Å². The van der Waals surface area contributed by atoms with E-state index in [1.165, 1.54) is 29.8 Å². The first-order valence-electron chi connectivity index (χ1n) is 15.9. The van der Waals surface area contributed by atoms with Gasteiger partial charge >= 0.3 is 18.2 Å². The maximum atomic E-state index is 13.0. The summed E-state index contributed by atoms with van der Waals surface area (Å²) in [6.45, 7) is 1.98. The van der Waals surface area contributed by atoms with Crippen LogP contribution in [0.2, 0.25) is 0 Å². The number of ether oxygens (including phenoxy) is 3. The highest BCUT2D eigenvalue weighted by molar-refractivity contribution is 7.09. The maximum absolute atomic E-state index is 13.0. The zero-order valence-electron chi connectivity index (χ0n) is 27.1. The molecule has 0 saturated heterocycles. The average molecular weight is 694 g/mol. The SMILES string of the molecule is COC(=O)CCCCCN(C[C@H](Cc1ccccc1)NC(=O)OCc1cncs1)C[C@H](Cc1ccccc1)NC(=O)OCc1cncs1. The minimum absolute atomic E-state index is 0.144. The smallest absolute Gasteiger partial charge is 0.407 e. The number of carbonyl (C=O) groups is 3. The molecular weight excluding hydrogens is 651 g/mol. The van der Waals surface area contributed by atoms with Crippen molar-refractivity contribution in [3.8, 4) is 0 Å². The lowest BCUT2D eigenvalue weighted by Gasteiger charge is -2.31. The summed E-state index contributed by atoms with van der Waals surface area (Å²) in [7, 11) is 1.40. The minimum Gasteiger partial charge on any atom is -0.469 e. The molecule has 256 valence electrons. The van der Waals surface area contributed by atoms with Crippen LogP contribution in [-0.4, -0.2) is 71.9 Å². The van der Waals surface area contributed by atoms with Gasteiger partial charge in [-0.25, -0.2) is 9.59 Å². The lowest BCUT2D eigenvalue weighted by atomic mass is 10.0. The van der Waals surface area contributed by atoms with E-state index in [-0.39, 0.29) is 31.3 Å². The number of hydrogen-bond acceptors (Lipinski definition) is 11. The van der Waals surface area contributed by atoms with Crippen molar-refractivity contribution in [2.24, 2.45) is 0 Å². The third kappa shape index (κ3) is 14.2. The first-order chi connectivity index (χ1) is 23.5. The van der Waals surface area contributed by atoms with Gasteiger partial charge in [-0.3, -0.25) is 19.7 Å². The second-order valence-electron chi connectivity index (χ2n) is 11.3. The summed E-state index contributed by atoms with van der Waals surface area (Å²) >= 11 is 2.85. The normalized spacial score (nSPS) is 12.2. The summed E-state index contributed by atoms with van der Waals surface area (Å²) < 4.78 is 15.9. The van der Waals surface area contributed by atoms with Crippen molar-refractivity contribution in [2.45, 2.75) is 63.8 Å². The Morgan fingerprint density at radius 2 is 1.23 bits per heavy atom.